The van der Waals surface area contributed by atoms with E-state index in [0.717, 1.165) is 16.7 Å². The summed E-state index contributed by atoms with van der Waals surface area (Å²) in [6, 6.07) is 4.56. The van der Waals surface area contributed by atoms with Crippen molar-refractivity contribution < 1.29 is 33.1 Å². The SMILES string of the molecule is O=C(C[O-])C1=CC(O)(Cl)C(OC(F)F)([n+]2ccccc2)C(Cl)=C1. The van der Waals surface area contributed by atoms with Crippen LogP contribution in [-0.4, -0.2) is 29.2 Å². The number of aromatic nitrogens is 1. The van der Waals surface area contributed by atoms with E-state index in [1.165, 1.54) is 24.5 Å². The molecule has 1 heterocycles. The molecular formula is C14H11Cl2F2NO4. The topological polar surface area (TPSA) is 73.5 Å². The summed E-state index contributed by atoms with van der Waals surface area (Å²) in [5, 5.41) is 18.1. The number of hydrogen-bond donors (Lipinski definition) is 1. The Morgan fingerprint density at radius 1 is 1.39 bits per heavy atom. The first-order chi connectivity index (χ1) is 10.7. The second-order valence-electron chi connectivity index (χ2n) is 4.64. The largest absolute Gasteiger partial charge is 0.849 e. The monoisotopic (exact) mass is 365 g/mol. The molecule has 9 heteroatoms. The smallest absolute Gasteiger partial charge is 0.362 e. The molecule has 2 atom stereocenters. The molecule has 0 spiro atoms. The molecule has 1 aromatic rings. The lowest BCUT2D eigenvalue weighted by atomic mass is 9.93. The van der Waals surface area contributed by atoms with Gasteiger partial charge in [0.2, 0.25) is 0 Å². The summed E-state index contributed by atoms with van der Waals surface area (Å²) < 4.78 is 31.5. The first-order valence-electron chi connectivity index (χ1n) is 6.30. The molecule has 1 aliphatic carbocycles. The van der Waals surface area contributed by atoms with Gasteiger partial charge < -0.3 is 10.2 Å². The van der Waals surface area contributed by atoms with E-state index in [2.05, 4.69) is 4.74 Å². The van der Waals surface area contributed by atoms with Gasteiger partial charge in [-0.05, 0) is 12.2 Å². The Balaban J connectivity index is 2.66. The zero-order chi connectivity index (χ0) is 17.3. The highest BCUT2D eigenvalue weighted by molar-refractivity contribution is 6.33. The number of alkyl halides is 3. The number of nitrogens with zero attached hydrogens (tertiary/aromatic N) is 1. The maximum Gasteiger partial charge on any atom is 0.362 e. The number of halogens is 4. The summed E-state index contributed by atoms with van der Waals surface area (Å²) in [5.74, 6) is -0.897. The number of aliphatic hydroxyl groups is 1. The van der Waals surface area contributed by atoms with Crippen LogP contribution in [0.1, 0.15) is 0 Å². The first-order valence-corrected chi connectivity index (χ1v) is 7.06. The van der Waals surface area contributed by atoms with Gasteiger partial charge in [-0.15, -0.1) is 0 Å². The van der Waals surface area contributed by atoms with Crippen molar-refractivity contribution in [3.63, 3.8) is 0 Å². The standard InChI is InChI=1S/C14H11Cl2F2NO4/c15-11-6-9(10(21)8-20)7-13(16,22)14(11,23-12(17)18)19-4-2-1-3-5-19/h1-7,12,22H,8H2. The zero-order valence-electron chi connectivity index (χ0n) is 11.5. The van der Waals surface area contributed by atoms with Gasteiger partial charge in [-0.2, -0.15) is 13.3 Å². The predicted molar refractivity (Wildman–Crippen MR) is 74.4 cm³/mol. The minimum Gasteiger partial charge on any atom is -0.849 e. The van der Waals surface area contributed by atoms with Crippen LogP contribution in [0, 0.1) is 0 Å². The van der Waals surface area contributed by atoms with Crippen molar-refractivity contribution in [3.8, 4) is 0 Å². The van der Waals surface area contributed by atoms with Crippen LogP contribution in [0.15, 0.2) is 53.4 Å². The zero-order valence-corrected chi connectivity index (χ0v) is 13.0. The van der Waals surface area contributed by atoms with Crippen molar-refractivity contribution in [1.29, 1.82) is 0 Å². The Bertz CT molecular complexity index is 664. The Kier molecular flexibility index (Phi) is 5.17. The fourth-order valence-electron chi connectivity index (χ4n) is 2.23. The number of allylic oxidation sites excluding steroid dienone is 1. The fourth-order valence-corrected chi connectivity index (χ4v) is 3.05. The van der Waals surface area contributed by atoms with E-state index in [1.807, 2.05) is 0 Å². The van der Waals surface area contributed by atoms with E-state index in [-0.39, 0.29) is 5.57 Å². The van der Waals surface area contributed by atoms with E-state index in [0.29, 0.717) is 0 Å². The molecule has 5 nitrogen and oxygen atoms in total. The van der Waals surface area contributed by atoms with Crippen LogP contribution in [0.2, 0.25) is 0 Å². The number of carbonyl (C=O) groups is 1. The molecule has 0 bridgehead atoms. The third-order valence-corrected chi connectivity index (χ3v) is 3.95. The molecule has 1 aromatic heterocycles. The summed E-state index contributed by atoms with van der Waals surface area (Å²) in [6.45, 7) is -4.44. The predicted octanol–water partition coefficient (Wildman–Crippen LogP) is 0.786. The van der Waals surface area contributed by atoms with E-state index in [4.69, 9.17) is 23.2 Å². The minimum atomic E-state index is -3.33. The summed E-state index contributed by atoms with van der Waals surface area (Å²) in [7, 11) is 0. The maximum absolute atomic E-state index is 13.0. The molecule has 23 heavy (non-hydrogen) atoms. The minimum absolute atomic E-state index is 0.285. The number of hydrogen-bond acceptors (Lipinski definition) is 4. The molecule has 1 N–H and O–H groups in total. The fraction of sp³-hybridized carbons (Fsp3) is 0.286. The van der Waals surface area contributed by atoms with E-state index in [1.54, 1.807) is 6.07 Å². The van der Waals surface area contributed by atoms with Crippen LogP contribution in [0.25, 0.3) is 0 Å². The van der Waals surface area contributed by atoms with Gasteiger partial charge in [-0.25, -0.2) is 4.74 Å². The lowest BCUT2D eigenvalue weighted by Crippen LogP contribution is -2.69. The molecule has 0 aromatic carbocycles. The van der Waals surface area contributed by atoms with Gasteiger partial charge >= 0.3 is 12.3 Å². The maximum atomic E-state index is 13.0. The van der Waals surface area contributed by atoms with Gasteiger partial charge in [0.15, 0.2) is 12.4 Å². The number of ether oxygens (including phenoxy) is 1. The molecule has 0 radical (unpaired) electrons. The number of Topliss-reactive ketones (excluding diaryl/α,β-unsaturated/α-hetero) is 1. The van der Waals surface area contributed by atoms with Crippen molar-refractivity contribution in [1.82, 2.24) is 0 Å². The van der Waals surface area contributed by atoms with Gasteiger partial charge in [-0.3, -0.25) is 4.79 Å². The van der Waals surface area contributed by atoms with Crippen molar-refractivity contribution in [2.75, 3.05) is 6.61 Å². The van der Waals surface area contributed by atoms with Crippen molar-refractivity contribution in [2.45, 2.75) is 17.4 Å². The second-order valence-corrected chi connectivity index (χ2v) is 5.62. The van der Waals surface area contributed by atoms with Crippen LogP contribution in [0.5, 0.6) is 0 Å². The molecular weight excluding hydrogens is 355 g/mol. The second kappa shape index (κ2) is 6.62. The molecule has 1 aliphatic rings. The Morgan fingerprint density at radius 3 is 2.48 bits per heavy atom. The highest BCUT2D eigenvalue weighted by Crippen LogP contribution is 2.45. The Labute approximate surface area is 140 Å². The van der Waals surface area contributed by atoms with E-state index in [9.17, 15) is 23.8 Å². The van der Waals surface area contributed by atoms with E-state index >= 15 is 0 Å². The molecule has 0 saturated carbocycles. The van der Waals surface area contributed by atoms with Crippen LogP contribution < -0.4 is 9.67 Å². The summed E-state index contributed by atoms with van der Waals surface area (Å²) in [5.41, 5.74) is -2.69. The van der Waals surface area contributed by atoms with Crippen molar-refractivity contribution in [3.05, 3.63) is 53.4 Å². The summed E-state index contributed by atoms with van der Waals surface area (Å²) in [4.78, 5) is 11.5. The number of carbonyl (C=O) groups excluding carboxylic acids is 1. The third-order valence-electron chi connectivity index (χ3n) is 3.22. The average Bonchev–Trinajstić information content (AvgIpc) is 2.50. The molecule has 0 fully saturated rings. The molecule has 0 amide bonds. The molecule has 2 rings (SSSR count). The number of ketones is 1. The number of pyridine rings is 1. The lowest BCUT2D eigenvalue weighted by molar-refractivity contribution is -0.813. The van der Waals surface area contributed by atoms with Gasteiger partial charge in [0.1, 0.15) is 10.8 Å². The summed E-state index contributed by atoms with van der Waals surface area (Å²) >= 11 is 12.0. The van der Waals surface area contributed by atoms with Gasteiger partial charge in [0, 0.05) is 17.7 Å². The van der Waals surface area contributed by atoms with Crippen LogP contribution in [0.3, 0.4) is 0 Å². The molecule has 2 unspecified atom stereocenters. The highest BCUT2D eigenvalue weighted by Gasteiger charge is 2.64. The van der Waals surface area contributed by atoms with E-state index < -0.39 is 34.8 Å². The third kappa shape index (κ3) is 3.15. The Hall–Kier alpha value is -1.38. The summed E-state index contributed by atoms with van der Waals surface area (Å²) in [6.07, 6.45) is 4.35. The Morgan fingerprint density at radius 2 is 2.00 bits per heavy atom. The van der Waals surface area contributed by atoms with Gasteiger partial charge in [-0.1, -0.05) is 35.9 Å². The first kappa shape index (κ1) is 18.0. The molecule has 124 valence electrons. The van der Waals surface area contributed by atoms with Crippen molar-refractivity contribution >= 4 is 29.0 Å². The van der Waals surface area contributed by atoms with Crippen LogP contribution in [-0.2, 0) is 15.3 Å². The average molecular weight is 366 g/mol. The lowest BCUT2D eigenvalue weighted by Gasteiger charge is -2.37. The quantitative estimate of drug-likeness (QED) is 0.618. The molecule has 0 aliphatic heterocycles. The van der Waals surface area contributed by atoms with Crippen molar-refractivity contribution in [2.24, 2.45) is 0 Å². The van der Waals surface area contributed by atoms with Crippen LogP contribution in [0.4, 0.5) is 8.78 Å². The van der Waals surface area contributed by atoms with Gasteiger partial charge in [0.25, 0.3) is 5.06 Å². The molecule has 0 saturated heterocycles. The van der Waals surface area contributed by atoms with Gasteiger partial charge in [0.05, 0.1) is 0 Å². The normalized spacial score (nSPS) is 27.6. The highest BCUT2D eigenvalue weighted by atomic mass is 35.5. The number of rotatable bonds is 5. The van der Waals surface area contributed by atoms with Crippen LogP contribution >= 0.6 is 23.2 Å².